The highest BCUT2D eigenvalue weighted by Crippen LogP contribution is 2.24. The van der Waals surface area contributed by atoms with Crippen molar-refractivity contribution < 1.29 is 14.3 Å². The second-order valence-electron chi connectivity index (χ2n) is 8.24. The number of hydrogen-bond donors (Lipinski definition) is 2. The van der Waals surface area contributed by atoms with E-state index in [-0.39, 0.29) is 5.54 Å². The van der Waals surface area contributed by atoms with E-state index in [9.17, 15) is 4.79 Å². The number of carbonyl (C=O) groups is 1. The number of hydrogen-bond acceptors (Lipinski definition) is 5. The minimum Gasteiger partial charge on any atom is -0.382 e. The maximum atomic E-state index is 12.1. The zero-order valence-corrected chi connectivity index (χ0v) is 20.8. The standard InChI is InChI=1S/C26H35ClN4O3/c1-3-30-26(20-34-17-16-33-2,14-12-21-6-4-7-23(27)18-21)13-5-15-31(25(29)32)24-10-8-22(19-28)9-11-24/h4,6-11,18,30H,3,5,12-17,20H2,1-2H3,(H2,29,32). The topological polar surface area (TPSA) is 101 Å². The van der Waals surface area contributed by atoms with Crippen LogP contribution in [0.1, 0.15) is 37.3 Å². The Hall–Kier alpha value is -2.63. The quantitative estimate of drug-likeness (QED) is 0.360. The molecular weight excluding hydrogens is 452 g/mol. The molecule has 3 N–H and O–H groups in total. The molecule has 0 fully saturated rings. The van der Waals surface area contributed by atoms with Crippen molar-refractivity contribution in [1.82, 2.24) is 5.32 Å². The molecule has 0 aliphatic rings. The molecule has 0 saturated carbocycles. The Bertz CT molecular complexity index is 932. The van der Waals surface area contributed by atoms with Crippen molar-refractivity contribution in [3.63, 3.8) is 0 Å². The molecule has 2 aromatic rings. The van der Waals surface area contributed by atoms with Gasteiger partial charge in [0.05, 0.1) is 31.5 Å². The van der Waals surface area contributed by atoms with Gasteiger partial charge in [0.2, 0.25) is 0 Å². The Balaban J connectivity index is 2.11. The van der Waals surface area contributed by atoms with Crippen LogP contribution in [0.5, 0.6) is 0 Å². The number of nitrogens with one attached hydrogen (secondary N) is 1. The van der Waals surface area contributed by atoms with Gasteiger partial charge in [-0.1, -0.05) is 30.7 Å². The molecule has 2 amide bonds. The lowest BCUT2D eigenvalue weighted by Crippen LogP contribution is -2.50. The number of methoxy groups -OCH3 is 1. The Kier molecular flexibility index (Phi) is 11.9. The molecule has 1 atom stereocenters. The van der Waals surface area contributed by atoms with Gasteiger partial charge in [-0.05, 0) is 74.2 Å². The first kappa shape index (κ1) is 27.6. The minimum absolute atomic E-state index is 0.279. The second-order valence-corrected chi connectivity index (χ2v) is 8.67. The third kappa shape index (κ3) is 8.96. The minimum atomic E-state index is -0.519. The van der Waals surface area contributed by atoms with Crippen molar-refractivity contribution in [2.24, 2.45) is 5.73 Å². The molecule has 2 rings (SSSR count). The van der Waals surface area contributed by atoms with E-state index in [1.807, 2.05) is 18.2 Å². The number of amides is 2. The average Bonchev–Trinajstić information content (AvgIpc) is 2.83. The largest absolute Gasteiger partial charge is 0.382 e. The third-order valence-electron chi connectivity index (χ3n) is 5.75. The number of benzene rings is 2. The molecule has 0 aliphatic carbocycles. The van der Waals surface area contributed by atoms with Crippen LogP contribution in [-0.4, -0.2) is 51.6 Å². The number of nitrogens with two attached hydrogens (primary N) is 1. The number of urea groups is 1. The van der Waals surface area contributed by atoms with Gasteiger partial charge in [-0.2, -0.15) is 5.26 Å². The maximum absolute atomic E-state index is 12.1. The fourth-order valence-corrected chi connectivity index (χ4v) is 4.23. The van der Waals surface area contributed by atoms with Crippen molar-refractivity contribution in [1.29, 1.82) is 5.26 Å². The molecule has 34 heavy (non-hydrogen) atoms. The molecule has 0 spiro atoms. The Labute approximate surface area is 207 Å². The highest BCUT2D eigenvalue weighted by Gasteiger charge is 2.29. The van der Waals surface area contributed by atoms with Crippen molar-refractivity contribution in [3.8, 4) is 6.07 Å². The molecule has 184 valence electrons. The van der Waals surface area contributed by atoms with Crippen LogP contribution in [0.2, 0.25) is 5.02 Å². The molecular formula is C26H35ClN4O3. The van der Waals surface area contributed by atoms with Crippen LogP contribution >= 0.6 is 11.6 Å². The number of aryl methyl sites for hydroxylation is 1. The molecule has 0 bridgehead atoms. The Morgan fingerprint density at radius 3 is 2.59 bits per heavy atom. The number of ether oxygens (including phenoxy) is 2. The fourth-order valence-electron chi connectivity index (χ4n) is 4.02. The van der Waals surface area contributed by atoms with Gasteiger partial charge in [-0.15, -0.1) is 0 Å². The number of rotatable bonds is 15. The first-order chi connectivity index (χ1) is 16.4. The summed E-state index contributed by atoms with van der Waals surface area (Å²) in [5, 5.41) is 13.4. The van der Waals surface area contributed by atoms with Crippen LogP contribution < -0.4 is 16.0 Å². The van der Waals surface area contributed by atoms with Crippen molar-refractivity contribution in [2.45, 2.75) is 38.1 Å². The highest BCUT2D eigenvalue weighted by atomic mass is 35.5. The maximum Gasteiger partial charge on any atom is 0.319 e. The van der Waals surface area contributed by atoms with Crippen LogP contribution in [-0.2, 0) is 15.9 Å². The number of primary amides is 1. The second kappa shape index (κ2) is 14.6. The molecule has 7 nitrogen and oxygen atoms in total. The number of likely N-dealkylation sites (N-methyl/N-ethyl adjacent to an activating group) is 1. The summed E-state index contributed by atoms with van der Waals surface area (Å²) in [6.45, 7) is 4.90. The molecule has 0 heterocycles. The highest BCUT2D eigenvalue weighted by molar-refractivity contribution is 6.30. The van der Waals surface area contributed by atoms with Crippen molar-refractivity contribution in [3.05, 3.63) is 64.7 Å². The number of anilines is 1. The Morgan fingerprint density at radius 1 is 1.21 bits per heavy atom. The number of nitriles is 1. The summed E-state index contributed by atoms with van der Waals surface area (Å²) < 4.78 is 11.1. The molecule has 0 aromatic heterocycles. The summed E-state index contributed by atoms with van der Waals surface area (Å²) in [7, 11) is 1.65. The summed E-state index contributed by atoms with van der Waals surface area (Å²) in [4.78, 5) is 13.7. The summed E-state index contributed by atoms with van der Waals surface area (Å²) in [6.07, 6.45) is 3.20. The van der Waals surface area contributed by atoms with E-state index < -0.39 is 6.03 Å². The molecule has 8 heteroatoms. The first-order valence-corrected chi connectivity index (χ1v) is 11.9. The lowest BCUT2D eigenvalue weighted by atomic mass is 9.87. The number of nitrogens with zero attached hydrogens (tertiary/aromatic N) is 2. The number of carbonyl (C=O) groups excluding carboxylic acids is 1. The van der Waals surface area contributed by atoms with Crippen LogP contribution in [0.4, 0.5) is 10.5 Å². The van der Waals surface area contributed by atoms with Crippen molar-refractivity contribution >= 4 is 23.3 Å². The summed E-state index contributed by atoms with van der Waals surface area (Å²) in [5.74, 6) is 0. The van der Waals surface area contributed by atoms with E-state index in [1.54, 1.807) is 36.3 Å². The van der Waals surface area contributed by atoms with Gasteiger partial charge in [0.1, 0.15) is 0 Å². The first-order valence-electron chi connectivity index (χ1n) is 11.6. The van der Waals surface area contributed by atoms with E-state index in [0.29, 0.717) is 37.6 Å². The molecule has 2 aromatic carbocycles. The predicted octanol–water partition coefficient (Wildman–Crippen LogP) is 4.52. The lowest BCUT2D eigenvalue weighted by molar-refractivity contribution is 0.0270. The van der Waals surface area contributed by atoms with E-state index >= 15 is 0 Å². The molecule has 0 aliphatic heterocycles. The van der Waals surface area contributed by atoms with Gasteiger partial charge >= 0.3 is 6.03 Å². The summed E-state index contributed by atoms with van der Waals surface area (Å²) in [5.41, 5.74) is 7.77. The third-order valence-corrected chi connectivity index (χ3v) is 5.99. The fraction of sp³-hybridized carbons (Fsp3) is 0.462. The van der Waals surface area contributed by atoms with Crippen LogP contribution in [0.25, 0.3) is 0 Å². The van der Waals surface area contributed by atoms with E-state index in [4.69, 9.17) is 32.1 Å². The SMILES string of the molecule is CCNC(CCCN(C(N)=O)c1ccc(C#N)cc1)(CCc1cccc(Cl)c1)COCCOC. The van der Waals surface area contributed by atoms with Crippen LogP contribution in [0.3, 0.4) is 0 Å². The number of halogens is 1. The van der Waals surface area contributed by atoms with Gasteiger partial charge < -0.3 is 20.5 Å². The normalized spacial score (nSPS) is 12.6. The molecule has 0 radical (unpaired) electrons. The van der Waals surface area contributed by atoms with Gasteiger partial charge in [0, 0.05) is 29.9 Å². The lowest BCUT2D eigenvalue weighted by Gasteiger charge is -2.36. The van der Waals surface area contributed by atoms with Crippen molar-refractivity contribution in [2.75, 3.05) is 44.9 Å². The zero-order chi connectivity index (χ0) is 24.8. The molecule has 1 unspecified atom stereocenters. The van der Waals surface area contributed by atoms with Gasteiger partial charge in [-0.3, -0.25) is 4.90 Å². The molecule has 0 saturated heterocycles. The van der Waals surface area contributed by atoms with E-state index in [1.165, 1.54) is 5.56 Å². The average molecular weight is 487 g/mol. The summed E-state index contributed by atoms with van der Waals surface area (Å²) in [6, 6.07) is 16.3. The zero-order valence-electron chi connectivity index (χ0n) is 20.1. The van der Waals surface area contributed by atoms with E-state index in [0.717, 1.165) is 37.3 Å². The van der Waals surface area contributed by atoms with Gasteiger partial charge in [0.25, 0.3) is 0 Å². The smallest absolute Gasteiger partial charge is 0.319 e. The van der Waals surface area contributed by atoms with Gasteiger partial charge in [-0.25, -0.2) is 4.79 Å². The summed E-state index contributed by atoms with van der Waals surface area (Å²) >= 11 is 6.18. The predicted molar refractivity (Wildman–Crippen MR) is 136 cm³/mol. The van der Waals surface area contributed by atoms with Crippen LogP contribution in [0, 0.1) is 11.3 Å². The Morgan fingerprint density at radius 2 is 1.97 bits per heavy atom. The van der Waals surface area contributed by atoms with E-state index in [2.05, 4.69) is 24.4 Å². The van der Waals surface area contributed by atoms with Gasteiger partial charge in [0.15, 0.2) is 0 Å². The monoisotopic (exact) mass is 486 g/mol. The van der Waals surface area contributed by atoms with Crippen LogP contribution in [0.15, 0.2) is 48.5 Å².